The quantitative estimate of drug-likeness (QED) is 0.376. The summed E-state index contributed by atoms with van der Waals surface area (Å²) in [6, 6.07) is 12.4. The second-order valence-electron chi connectivity index (χ2n) is 5.67. The number of hydrogen-bond donors (Lipinski definition) is 0. The SMILES string of the molecule is COc1cc(/C=C(\C#N)Cn2cnc3ccccc32)c([N+](=O)[O-])cc1OC. The van der Waals surface area contributed by atoms with Gasteiger partial charge in [-0.1, -0.05) is 12.1 Å². The number of allylic oxidation sites excluding steroid dienone is 1. The molecule has 27 heavy (non-hydrogen) atoms. The first-order valence-electron chi connectivity index (χ1n) is 7.98. The molecule has 0 radical (unpaired) electrons. The van der Waals surface area contributed by atoms with E-state index in [0.29, 0.717) is 11.3 Å². The Morgan fingerprint density at radius 2 is 2.00 bits per heavy atom. The first-order valence-corrected chi connectivity index (χ1v) is 7.98. The van der Waals surface area contributed by atoms with Crippen LogP contribution in [0.4, 0.5) is 5.69 Å². The van der Waals surface area contributed by atoms with Gasteiger partial charge in [0.05, 0.1) is 66.3 Å². The van der Waals surface area contributed by atoms with Crippen LogP contribution in [-0.4, -0.2) is 28.7 Å². The molecule has 136 valence electrons. The van der Waals surface area contributed by atoms with Gasteiger partial charge in [-0.15, -0.1) is 0 Å². The number of fused-ring (bicyclic) bond motifs is 1. The average molecular weight is 364 g/mol. The van der Waals surface area contributed by atoms with Crippen LogP contribution in [-0.2, 0) is 6.54 Å². The number of nitro benzene ring substituents is 1. The van der Waals surface area contributed by atoms with Gasteiger partial charge in [-0.3, -0.25) is 10.1 Å². The molecule has 0 atom stereocenters. The molecule has 0 bridgehead atoms. The molecule has 0 unspecified atom stereocenters. The number of imidazole rings is 1. The van der Waals surface area contributed by atoms with Crippen molar-refractivity contribution in [2.75, 3.05) is 14.2 Å². The van der Waals surface area contributed by atoms with Gasteiger partial charge in [0.1, 0.15) is 0 Å². The Morgan fingerprint density at radius 1 is 1.30 bits per heavy atom. The Balaban J connectivity index is 2.05. The molecule has 1 heterocycles. The van der Waals surface area contributed by atoms with Crippen LogP contribution >= 0.6 is 0 Å². The third-order valence-electron chi connectivity index (χ3n) is 4.07. The fraction of sp³-hybridized carbons (Fsp3) is 0.158. The summed E-state index contributed by atoms with van der Waals surface area (Å²) >= 11 is 0. The second-order valence-corrected chi connectivity index (χ2v) is 5.67. The number of nitro groups is 1. The minimum atomic E-state index is -0.518. The van der Waals surface area contributed by atoms with Gasteiger partial charge in [0.15, 0.2) is 11.5 Å². The van der Waals surface area contributed by atoms with Gasteiger partial charge in [-0.05, 0) is 24.3 Å². The van der Waals surface area contributed by atoms with E-state index in [9.17, 15) is 15.4 Å². The molecule has 8 heteroatoms. The Kier molecular flexibility index (Phi) is 5.04. The minimum absolute atomic E-state index is 0.170. The summed E-state index contributed by atoms with van der Waals surface area (Å²) in [5, 5.41) is 21.0. The molecular formula is C19H16N4O4. The number of para-hydroxylation sites is 2. The zero-order valence-electron chi connectivity index (χ0n) is 14.7. The third kappa shape index (κ3) is 3.57. The molecule has 0 spiro atoms. The Morgan fingerprint density at radius 3 is 2.67 bits per heavy atom. The van der Waals surface area contributed by atoms with Crippen LogP contribution < -0.4 is 9.47 Å². The molecule has 0 saturated heterocycles. The van der Waals surface area contributed by atoms with Gasteiger partial charge >= 0.3 is 0 Å². The van der Waals surface area contributed by atoms with E-state index in [1.807, 2.05) is 28.8 Å². The number of benzene rings is 2. The molecule has 0 fully saturated rings. The van der Waals surface area contributed by atoms with Crippen molar-refractivity contribution in [2.24, 2.45) is 0 Å². The highest BCUT2D eigenvalue weighted by Crippen LogP contribution is 2.35. The lowest BCUT2D eigenvalue weighted by Gasteiger charge is -2.09. The number of aromatic nitrogens is 2. The molecule has 0 aliphatic heterocycles. The van der Waals surface area contributed by atoms with Crippen molar-refractivity contribution in [2.45, 2.75) is 6.54 Å². The molecule has 0 saturated carbocycles. The Labute approximate surface area is 155 Å². The lowest BCUT2D eigenvalue weighted by Crippen LogP contribution is -2.00. The molecule has 0 aliphatic rings. The molecule has 2 aromatic carbocycles. The topological polar surface area (TPSA) is 103 Å². The van der Waals surface area contributed by atoms with E-state index >= 15 is 0 Å². The van der Waals surface area contributed by atoms with E-state index in [-0.39, 0.29) is 23.5 Å². The predicted octanol–water partition coefficient (Wildman–Crippen LogP) is 3.57. The van der Waals surface area contributed by atoms with Crippen LogP contribution in [0.5, 0.6) is 11.5 Å². The van der Waals surface area contributed by atoms with Gasteiger partial charge in [0.2, 0.25) is 0 Å². The smallest absolute Gasteiger partial charge is 0.280 e. The van der Waals surface area contributed by atoms with Crippen LogP contribution in [0.25, 0.3) is 17.1 Å². The normalized spacial score (nSPS) is 11.2. The van der Waals surface area contributed by atoms with Gasteiger partial charge in [0.25, 0.3) is 5.69 Å². The monoisotopic (exact) mass is 364 g/mol. The van der Waals surface area contributed by atoms with Crippen molar-refractivity contribution < 1.29 is 14.4 Å². The number of ether oxygens (including phenoxy) is 2. The van der Waals surface area contributed by atoms with Gasteiger partial charge in [-0.2, -0.15) is 5.26 Å². The first-order chi connectivity index (χ1) is 13.1. The number of rotatable bonds is 6. The van der Waals surface area contributed by atoms with Crippen LogP contribution in [0.15, 0.2) is 48.3 Å². The standard InChI is InChI=1S/C19H16N4O4/c1-26-18-8-14(17(23(24)25)9-19(18)27-2)7-13(10-20)11-22-12-21-15-5-3-4-6-16(15)22/h3-9,12H,11H2,1-2H3/b13-7+. The summed E-state index contributed by atoms with van der Waals surface area (Å²) in [4.78, 5) is 15.2. The van der Waals surface area contributed by atoms with Crippen LogP contribution in [0.1, 0.15) is 5.56 Å². The molecule has 3 aromatic rings. The van der Waals surface area contributed by atoms with Gasteiger partial charge in [-0.25, -0.2) is 4.98 Å². The highest BCUT2D eigenvalue weighted by molar-refractivity contribution is 5.75. The maximum atomic E-state index is 11.4. The summed E-state index contributed by atoms with van der Waals surface area (Å²) in [5.41, 5.74) is 2.12. The molecule has 0 amide bonds. The van der Waals surface area contributed by atoms with E-state index in [1.54, 1.807) is 6.33 Å². The summed E-state index contributed by atoms with van der Waals surface area (Å²) in [7, 11) is 2.85. The zero-order valence-corrected chi connectivity index (χ0v) is 14.7. The van der Waals surface area contributed by atoms with E-state index < -0.39 is 4.92 Å². The maximum absolute atomic E-state index is 11.4. The summed E-state index contributed by atoms with van der Waals surface area (Å²) in [5.74, 6) is 0.597. The van der Waals surface area contributed by atoms with Crippen LogP contribution in [0.3, 0.4) is 0 Å². The van der Waals surface area contributed by atoms with E-state index in [4.69, 9.17) is 9.47 Å². The highest BCUT2D eigenvalue weighted by Gasteiger charge is 2.19. The van der Waals surface area contributed by atoms with Crippen molar-refractivity contribution in [3.8, 4) is 17.6 Å². The molecular weight excluding hydrogens is 348 g/mol. The number of nitriles is 1. The largest absolute Gasteiger partial charge is 0.493 e. The second kappa shape index (κ2) is 7.58. The number of methoxy groups -OCH3 is 2. The van der Waals surface area contributed by atoms with Gasteiger partial charge in [0, 0.05) is 0 Å². The molecule has 0 aliphatic carbocycles. The van der Waals surface area contributed by atoms with Gasteiger partial charge < -0.3 is 14.0 Å². The summed E-state index contributed by atoms with van der Waals surface area (Å²) in [6.45, 7) is 0.239. The molecule has 0 N–H and O–H groups in total. The fourth-order valence-corrected chi connectivity index (χ4v) is 2.78. The highest BCUT2D eigenvalue weighted by atomic mass is 16.6. The molecule has 8 nitrogen and oxygen atoms in total. The molecule has 1 aromatic heterocycles. The number of hydrogen-bond acceptors (Lipinski definition) is 6. The van der Waals surface area contributed by atoms with Crippen molar-refractivity contribution >= 4 is 22.8 Å². The first kappa shape index (κ1) is 17.9. The summed E-state index contributed by atoms with van der Waals surface area (Å²) < 4.78 is 12.2. The minimum Gasteiger partial charge on any atom is -0.493 e. The maximum Gasteiger partial charge on any atom is 0.280 e. The molecule has 3 rings (SSSR count). The van der Waals surface area contributed by atoms with E-state index in [2.05, 4.69) is 11.1 Å². The fourth-order valence-electron chi connectivity index (χ4n) is 2.78. The van der Waals surface area contributed by atoms with Crippen LogP contribution in [0, 0.1) is 21.4 Å². The van der Waals surface area contributed by atoms with Crippen molar-refractivity contribution in [3.05, 3.63) is 64.0 Å². The lowest BCUT2D eigenvalue weighted by molar-refractivity contribution is -0.385. The zero-order chi connectivity index (χ0) is 19.4. The van der Waals surface area contributed by atoms with Crippen molar-refractivity contribution in [1.29, 1.82) is 5.26 Å². The summed E-state index contributed by atoms with van der Waals surface area (Å²) in [6.07, 6.45) is 3.12. The number of nitrogens with zero attached hydrogens (tertiary/aromatic N) is 4. The van der Waals surface area contributed by atoms with Crippen molar-refractivity contribution in [3.63, 3.8) is 0 Å². The van der Waals surface area contributed by atoms with E-state index in [0.717, 1.165) is 11.0 Å². The Bertz CT molecular complexity index is 1080. The van der Waals surface area contributed by atoms with E-state index in [1.165, 1.54) is 32.4 Å². The van der Waals surface area contributed by atoms with Crippen LogP contribution in [0.2, 0.25) is 0 Å². The lowest BCUT2D eigenvalue weighted by atomic mass is 10.1. The third-order valence-corrected chi connectivity index (χ3v) is 4.07. The predicted molar refractivity (Wildman–Crippen MR) is 99.5 cm³/mol. The Hall–Kier alpha value is -3.86. The average Bonchev–Trinajstić information content (AvgIpc) is 3.09. The van der Waals surface area contributed by atoms with Crippen molar-refractivity contribution in [1.82, 2.24) is 9.55 Å².